The molecule has 7 heteroatoms. The topological polar surface area (TPSA) is 87.0 Å². The second kappa shape index (κ2) is 5.55. The number of aliphatic hydroxyl groups is 2. The molecule has 2 unspecified atom stereocenters. The summed E-state index contributed by atoms with van der Waals surface area (Å²) in [4.78, 5) is 11.0. The molecule has 1 aromatic rings. The molecule has 2 atom stereocenters. The molecule has 3 N–H and O–H groups in total. The highest BCUT2D eigenvalue weighted by atomic mass is 35.5. The first-order valence-corrected chi connectivity index (χ1v) is 5.26. The SMILES string of the molecule is COC(=O)C(O)C(O)c1cc(Cl)c(O)c(Cl)c1. The average Bonchev–Trinajstić information content (AvgIpc) is 2.32. The van der Waals surface area contributed by atoms with Crippen LogP contribution in [0, 0.1) is 0 Å². The van der Waals surface area contributed by atoms with Crippen LogP contribution in [0.25, 0.3) is 0 Å². The highest BCUT2D eigenvalue weighted by Crippen LogP contribution is 2.35. The smallest absolute Gasteiger partial charge is 0.337 e. The second-order valence-corrected chi connectivity index (χ2v) is 4.06. The Labute approximate surface area is 107 Å². The molecule has 5 nitrogen and oxygen atoms in total. The second-order valence-electron chi connectivity index (χ2n) is 3.25. The summed E-state index contributed by atoms with van der Waals surface area (Å²) in [6.07, 6.45) is -3.30. The number of carbonyl (C=O) groups excluding carboxylic acids is 1. The molecular weight excluding hydrogens is 271 g/mol. The lowest BCUT2D eigenvalue weighted by Crippen LogP contribution is -2.29. The van der Waals surface area contributed by atoms with Gasteiger partial charge in [-0.2, -0.15) is 0 Å². The van der Waals surface area contributed by atoms with E-state index in [0.717, 1.165) is 7.11 Å². The third-order valence-corrected chi connectivity index (χ3v) is 2.70. The first kappa shape index (κ1) is 14.1. The van der Waals surface area contributed by atoms with Crippen molar-refractivity contribution in [3.8, 4) is 5.75 Å². The number of esters is 1. The van der Waals surface area contributed by atoms with Crippen LogP contribution in [0.15, 0.2) is 12.1 Å². The fourth-order valence-corrected chi connectivity index (χ4v) is 1.69. The number of ether oxygens (including phenoxy) is 1. The first-order valence-electron chi connectivity index (χ1n) is 4.50. The molecule has 17 heavy (non-hydrogen) atoms. The zero-order chi connectivity index (χ0) is 13.2. The molecule has 0 saturated carbocycles. The Balaban J connectivity index is 3.04. The number of phenolic OH excluding ortho intramolecular Hbond substituents is 1. The summed E-state index contributed by atoms with van der Waals surface area (Å²) >= 11 is 11.3. The van der Waals surface area contributed by atoms with E-state index in [1.165, 1.54) is 12.1 Å². The van der Waals surface area contributed by atoms with Crippen LogP contribution in [0.5, 0.6) is 5.75 Å². The number of phenols is 1. The van der Waals surface area contributed by atoms with E-state index >= 15 is 0 Å². The molecule has 0 heterocycles. The maximum absolute atomic E-state index is 11.0. The van der Waals surface area contributed by atoms with Crippen molar-refractivity contribution in [2.45, 2.75) is 12.2 Å². The van der Waals surface area contributed by atoms with Gasteiger partial charge in [-0.1, -0.05) is 23.2 Å². The maximum atomic E-state index is 11.0. The number of benzene rings is 1. The number of hydrogen-bond acceptors (Lipinski definition) is 5. The quantitative estimate of drug-likeness (QED) is 0.726. The van der Waals surface area contributed by atoms with Crippen LogP contribution in [0.2, 0.25) is 10.0 Å². The van der Waals surface area contributed by atoms with E-state index in [9.17, 15) is 20.1 Å². The largest absolute Gasteiger partial charge is 0.505 e. The van der Waals surface area contributed by atoms with Gasteiger partial charge in [0.1, 0.15) is 6.10 Å². The van der Waals surface area contributed by atoms with Gasteiger partial charge in [0.05, 0.1) is 17.2 Å². The summed E-state index contributed by atoms with van der Waals surface area (Å²) in [5, 5.41) is 28.2. The summed E-state index contributed by atoms with van der Waals surface area (Å²) in [7, 11) is 1.08. The Kier molecular flexibility index (Phi) is 4.59. The van der Waals surface area contributed by atoms with Crippen LogP contribution in [0.3, 0.4) is 0 Å². The van der Waals surface area contributed by atoms with Gasteiger partial charge in [-0.3, -0.25) is 0 Å². The molecule has 1 aromatic carbocycles. The van der Waals surface area contributed by atoms with Crippen LogP contribution in [-0.4, -0.2) is 34.5 Å². The van der Waals surface area contributed by atoms with Crippen molar-refractivity contribution in [3.63, 3.8) is 0 Å². The molecule has 0 spiro atoms. The molecule has 0 fully saturated rings. The zero-order valence-corrected chi connectivity index (χ0v) is 10.2. The van der Waals surface area contributed by atoms with Gasteiger partial charge in [0.25, 0.3) is 0 Å². The van der Waals surface area contributed by atoms with Crippen LogP contribution >= 0.6 is 23.2 Å². The van der Waals surface area contributed by atoms with E-state index in [4.69, 9.17) is 23.2 Å². The fourth-order valence-electron chi connectivity index (χ4n) is 1.19. The summed E-state index contributed by atoms with van der Waals surface area (Å²) in [6.45, 7) is 0. The number of halogens is 2. The molecule has 0 bridgehead atoms. The molecule has 0 aliphatic rings. The summed E-state index contributed by atoms with van der Waals surface area (Å²) in [5.41, 5.74) is 0.0932. The van der Waals surface area contributed by atoms with Crippen molar-refractivity contribution in [1.29, 1.82) is 0 Å². The predicted molar refractivity (Wildman–Crippen MR) is 61.1 cm³/mol. The van der Waals surface area contributed by atoms with Crippen molar-refractivity contribution >= 4 is 29.2 Å². The number of rotatable bonds is 3. The Morgan fingerprint density at radius 1 is 1.29 bits per heavy atom. The highest BCUT2D eigenvalue weighted by molar-refractivity contribution is 6.37. The van der Waals surface area contributed by atoms with Gasteiger partial charge < -0.3 is 20.1 Å². The van der Waals surface area contributed by atoms with E-state index in [-0.39, 0.29) is 21.4 Å². The van der Waals surface area contributed by atoms with Crippen molar-refractivity contribution in [2.75, 3.05) is 7.11 Å². The van der Waals surface area contributed by atoms with Crippen LogP contribution < -0.4 is 0 Å². The highest BCUT2D eigenvalue weighted by Gasteiger charge is 2.27. The number of carbonyl (C=O) groups is 1. The van der Waals surface area contributed by atoms with Gasteiger partial charge in [-0.15, -0.1) is 0 Å². The molecule has 0 radical (unpaired) electrons. The third-order valence-electron chi connectivity index (χ3n) is 2.12. The number of hydrogen-bond donors (Lipinski definition) is 3. The van der Waals surface area contributed by atoms with Gasteiger partial charge in [0.2, 0.25) is 0 Å². The van der Waals surface area contributed by atoms with Crippen molar-refractivity contribution in [2.24, 2.45) is 0 Å². The fraction of sp³-hybridized carbons (Fsp3) is 0.300. The minimum Gasteiger partial charge on any atom is -0.505 e. The zero-order valence-electron chi connectivity index (χ0n) is 8.72. The van der Waals surface area contributed by atoms with E-state index in [2.05, 4.69) is 4.74 Å². The summed E-state index contributed by atoms with van der Waals surface area (Å²) < 4.78 is 4.27. The number of aromatic hydroxyl groups is 1. The minimum atomic E-state index is -1.75. The molecule has 0 aliphatic carbocycles. The average molecular weight is 281 g/mol. The summed E-state index contributed by atoms with van der Waals surface area (Å²) in [5.74, 6) is -1.32. The Morgan fingerprint density at radius 3 is 2.18 bits per heavy atom. The van der Waals surface area contributed by atoms with Gasteiger partial charge in [0.15, 0.2) is 11.9 Å². The molecule has 0 saturated heterocycles. The molecular formula is C10H10Cl2O5. The lowest BCUT2D eigenvalue weighted by Gasteiger charge is -2.16. The Hall–Kier alpha value is -1.01. The predicted octanol–water partition coefficient (Wildman–Crippen LogP) is 1.27. The summed E-state index contributed by atoms with van der Waals surface area (Å²) in [6, 6.07) is 2.39. The third kappa shape index (κ3) is 3.01. The van der Waals surface area contributed by atoms with Crippen molar-refractivity contribution < 1.29 is 24.9 Å². The van der Waals surface area contributed by atoms with Crippen molar-refractivity contribution in [1.82, 2.24) is 0 Å². The lowest BCUT2D eigenvalue weighted by molar-refractivity contribution is -0.156. The van der Waals surface area contributed by atoms with Crippen LogP contribution in [0.1, 0.15) is 11.7 Å². The maximum Gasteiger partial charge on any atom is 0.337 e. The van der Waals surface area contributed by atoms with Crippen molar-refractivity contribution in [3.05, 3.63) is 27.7 Å². The van der Waals surface area contributed by atoms with Gasteiger partial charge >= 0.3 is 5.97 Å². The Morgan fingerprint density at radius 2 is 1.76 bits per heavy atom. The van der Waals surface area contributed by atoms with E-state index in [1.807, 2.05) is 0 Å². The standard InChI is InChI=1S/C10H10Cl2O5/c1-17-10(16)9(15)7(13)4-2-5(11)8(14)6(12)3-4/h2-3,7,9,13-15H,1H3. The van der Waals surface area contributed by atoms with E-state index in [0.29, 0.717) is 0 Å². The molecule has 0 amide bonds. The number of methoxy groups -OCH3 is 1. The molecule has 94 valence electrons. The van der Waals surface area contributed by atoms with Gasteiger partial charge in [-0.25, -0.2) is 4.79 Å². The molecule has 0 aliphatic heterocycles. The van der Waals surface area contributed by atoms with E-state index in [1.54, 1.807) is 0 Å². The number of aliphatic hydroxyl groups excluding tert-OH is 2. The first-order chi connectivity index (χ1) is 7.88. The molecule has 1 rings (SSSR count). The monoisotopic (exact) mass is 280 g/mol. The normalized spacial score (nSPS) is 14.2. The van der Waals surface area contributed by atoms with Gasteiger partial charge in [0, 0.05) is 0 Å². The Bertz CT molecular complexity index is 412. The molecule has 0 aromatic heterocycles. The van der Waals surface area contributed by atoms with Gasteiger partial charge in [-0.05, 0) is 17.7 Å². The minimum absolute atomic E-state index is 0.0932. The van der Waals surface area contributed by atoms with Crippen LogP contribution in [0.4, 0.5) is 0 Å². The van der Waals surface area contributed by atoms with E-state index < -0.39 is 18.2 Å². The lowest BCUT2D eigenvalue weighted by atomic mass is 10.0. The van der Waals surface area contributed by atoms with Crippen LogP contribution in [-0.2, 0) is 9.53 Å².